The van der Waals surface area contributed by atoms with E-state index in [1.807, 2.05) is 0 Å². The van der Waals surface area contributed by atoms with Crippen molar-refractivity contribution in [2.45, 2.75) is 26.7 Å². The predicted molar refractivity (Wildman–Crippen MR) is 33.7 cm³/mol. The Kier molecular flexibility index (Phi) is 15.3. The summed E-state index contributed by atoms with van der Waals surface area (Å²) in [5.74, 6) is 0. The Labute approximate surface area is 67.7 Å². The average molecular weight is 281 g/mol. The molecular formula is C6H14NTa-. The zero-order chi connectivity index (χ0) is 5.54. The van der Waals surface area contributed by atoms with Crippen LogP contribution in [0, 0.1) is 0 Å². The molecule has 0 aromatic carbocycles. The third-order valence-electron chi connectivity index (χ3n) is 0.763. The quantitative estimate of drug-likeness (QED) is 0.701. The predicted octanol–water partition coefficient (Wildman–Crippen LogP) is 2.18. The Morgan fingerprint density at radius 3 is 1.62 bits per heavy atom. The minimum absolute atomic E-state index is 0. The summed E-state index contributed by atoms with van der Waals surface area (Å²) in [7, 11) is 0. The van der Waals surface area contributed by atoms with Gasteiger partial charge in [-0.15, -0.1) is 13.1 Å². The first-order valence-electron chi connectivity index (χ1n) is 3.05. The number of hydrogen-bond donors (Lipinski definition) is 0. The van der Waals surface area contributed by atoms with Gasteiger partial charge in [0.15, 0.2) is 0 Å². The van der Waals surface area contributed by atoms with E-state index in [4.69, 9.17) is 0 Å². The Hall–Kier alpha value is 0.700. The summed E-state index contributed by atoms with van der Waals surface area (Å²) in [5.41, 5.74) is 0. The van der Waals surface area contributed by atoms with E-state index in [1.54, 1.807) is 0 Å². The van der Waals surface area contributed by atoms with Gasteiger partial charge in [0.05, 0.1) is 0 Å². The number of hydrogen-bond acceptors (Lipinski definition) is 0. The second kappa shape index (κ2) is 10.6. The molecule has 0 aromatic rings. The Balaban J connectivity index is 0. The van der Waals surface area contributed by atoms with Gasteiger partial charge in [-0.3, -0.25) is 0 Å². The summed E-state index contributed by atoms with van der Waals surface area (Å²) in [6.45, 7) is 6.40. The van der Waals surface area contributed by atoms with Gasteiger partial charge in [0.2, 0.25) is 0 Å². The van der Waals surface area contributed by atoms with Crippen molar-refractivity contribution >= 4 is 0 Å². The zero-order valence-electron chi connectivity index (χ0n) is 5.72. The summed E-state index contributed by atoms with van der Waals surface area (Å²) in [5, 5.41) is 4.21. The molecule has 0 saturated carbocycles. The molecule has 0 aliphatic heterocycles. The number of rotatable bonds is 4. The molecule has 0 heterocycles. The largest absolute Gasteiger partial charge is 0.662 e. The normalized spacial score (nSPS) is 8.25. The van der Waals surface area contributed by atoms with Crippen LogP contribution in [0.4, 0.5) is 0 Å². The molecule has 0 rings (SSSR count). The molecule has 8 heavy (non-hydrogen) atoms. The van der Waals surface area contributed by atoms with Gasteiger partial charge in [-0.1, -0.05) is 26.7 Å². The molecule has 0 saturated heterocycles. The maximum atomic E-state index is 4.21. The van der Waals surface area contributed by atoms with Crippen molar-refractivity contribution in [1.29, 1.82) is 0 Å². The molecule has 0 amide bonds. The maximum Gasteiger partial charge on any atom is 0 e. The first-order valence-corrected chi connectivity index (χ1v) is 3.05. The maximum absolute atomic E-state index is 4.21. The minimum atomic E-state index is 0. The summed E-state index contributed by atoms with van der Waals surface area (Å²) in [6.07, 6.45) is 2.39. The van der Waals surface area contributed by atoms with E-state index >= 15 is 0 Å². The molecule has 49 valence electrons. The van der Waals surface area contributed by atoms with E-state index in [0.717, 1.165) is 13.1 Å². The zero-order valence-corrected chi connectivity index (χ0v) is 8.94. The first-order chi connectivity index (χ1) is 3.41. The van der Waals surface area contributed by atoms with Crippen LogP contribution in [-0.2, 0) is 22.4 Å². The molecule has 0 bridgehead atoms. The van der Waals surface area contributed by atoms with Gasteiger partial charge in [-0.25, -0.2) is 0 Å². The Bertz CT molecular complexity index is 27.7. The fourth-order valence-corrected chi connectivity index (χ4v) is 0.428. The summed E-state index contributed by atoms with van der Waals surface area (Å²) >= 11 is 0. The van der Waals surface area contributed by atoms with Crippen LogP contribution in [0.3, 0.4) is 0 Å². The molecule has 2 heteroatoms. The van der Waals surface area contributed by atoms with Gasteiger partial charge in [0.25, 0.3) is 0 Å². The molecule has 0 N–H and O–H groups in total. The van der Waals surface area contributed by atoms with Crippen molar-refractivity contribution in [2.75, 3.05) is 13.1 Å². The Morgan fingerprint density at radius 2 is 1.38 bits per heavy atom. The number of nitrogens with zero attached hydrogens (tertiary/aromatic N) is 1. The fraction of sp³-hybridized carbons (Fsp3) is 1.00. The minimum Gasteiger partial charge on any atom is -0.662 e. The smallest absolute Gasteiger partial charge is 0 e. The second-order valence-electron chi connectivity index (χ2n) is 1.67. The van der Waals surface area contributed by atoms with Crippen LogP contribution in [0.5, 0.6) is 0 Å². The van der Waals surface area contributed by atoms with Gasteiger partial charge < -0.3 is 5.32 Å². The molecule has 0 aromatic heterocycles. The molecule has 0 aliphatic rings. The van der Waals surface area contributed by atoms with E-state index in [9.17, 15) is 0 Å². The van der Waals surface area contributed by atoms with E-state index in [2.05, 4.69) is 19.2 Å². The Morgan fingerprint density at radius 1 is 1.00 bits per heavy atom. The van der Waals surface area contributed by atoms with Crippen LogP contribution in [0.25, 0.3) is 5.32 Å². The SMILES string of the molecule is CCC[N-]CCC.[Ta]. The fourth-order valence-electron chi connectivity index (χ4n) is 0.428. The monoisotopic (exact) mass is 281 g/mol. The van der Waals surface area contributed by atoms with Crippen LogP contribution >= 0.6 is 0 Å². The standard InChI is InChI=1S/C6H14N.Ta/c1-3-5-7-6-4-2;/h3-6H2,1-2H3;/q-1;. The molecule has 1 radical (unpaired) electrons. The second-order valence-corrected chi connectivity index (χ2v) is 1.67. The molecule has 0 atom stereocenters. The topological polar surface area (TPSA) is 14.1 Å². The van der Waals surface area contributed by atoms with Crippen molar-refractivity contribution in [1.82, 2.24) is 0 Å². The summed E-state index contributed by atoms with van der Waals surface area (Å²) in [6, 6.07) is 0. The van der Waals surface area contributed by atoms with Gasteiger partial charge in [-0.2, -0.15) is 0 Å². The van der Waals surface area contributed by atoms with Gasteiger partial charge in [-0.05, 0) is 0 Å². The van der Waals surface area contributed by atoms with E-state index < -0.39 is 0 Å². The molecule has 0 fully saturated rings. The van der Waals surface area contributed by atoms with Gasteiger partial charge in [0.1, 0.15) is 0 Å². The van der Waals surface area contributed by atoms with Crippen LogP contribution in [0.15, 0.2) is 0 Å². The molecule has 1 nitrogen and oxygen atoms in total. The van der Waals surface area contributed by atoms with E-state index in [1.165, 1.54) is 12.8 Å². The van der Waals surface area contributed by atoms with Crippen LogP contribution in [0.2, 0.25) is 0 Å². The van der Waals surface area contributed by atoms with E-state index in [0.29, 0.717) is 0 Å². The van der Waals surface area contributed by atoms with Crippen LogP contribution in [0.1, 0.15) is 26.7 Å². The van der Waals surface area contributed by atoms with Crippen molar-refractivity contribution in [3.8, 4) is 0 Å². The first kappa shape index (κ1) is 11.5. The summed E-state index contributed by atoms with van der Waals surface area (Å²) < 4.78 is 0. The van der Waals surface area contributed by atoms with Gasteiger partial charge >= 0.3 is 0 Å². The van der Waals surface area contributed by atoms with Crippen molar-refractivity contribution in [3.63, 3.8) is 0 Å². The van der Waals surface area contributed by atoms with Crippen molar-refractivity contribution in [3.05, 3.63) is 5.32 Å². The van der Waals surface area contributed by atoms with E-state index in [-0.39, 0.29) is 22.4 Å². The van der Waals surface area contributed by atoms with Crippen LogP contribution in [-0.4, -0.2) is 13.1 Å². The third kappa shape index (κ3) is 9.85. The van der Waals surface area contributed by atoms with Gasteiger partial charge in [0, 0.05) is 22.4 Å². The third-order valence-corrected chi connectivity index (χ3v) is 0.763. The van der Waals surface area contributed by atoms with Crippen molar-refractivity contribution < 1.29 is 22.4 Å². The average Bonchev–Trinajstić information content (AvgIpc) is 1.69. The molecule has 0 unspecified atom stereocenters. The molecule has 0 aliphatic carbocycles. The van der Waals surface area contributed by atoms with Crippen molar-refractivity contribution in [2.24, 2.45) is 0 Å². The van der Waals surface area contributed by atoms with Crippen LogP contribution < -0.4 is 0 Å². The molecule has 0 spiro atoms. The summed E-state index contributed by atoms with van der Waals surface area (Å²) in [4.78, 5) is 0. The molecular weight excluding hydrogens is 267 g/mol.